The molecule has 2 aromatic rings. The lowest BCUT2D eigenvalue weighted by atomic mass is 9.78. The Bertz CT molecular complexity index is 694. The van der Waals surface area contributed by atoms with E-state index in [4.69, 9.17) is 5.73 Å². The molecule has 0 fully saturated rings. The maximum Gasteiger partial charge on any atom is 0.193 e. The van der Waals surface area contributed by atoms with E-state index in [0.29, 0.717) is 11.9 Å². The van der Waals surface area contributed by atoms with Gasteiger partial charge in [0, 0.05) is 18.2 Å². The number of benzene rings is 2. The third-order valence-electron chi connectivity index (χ3n) is 4.22. The first-order valence-corrected chi connectivity index (χ1v) is 7.35. The number of guanidine groups is 1. The van der Waals surface area contributed by atoms with E-state index in [1.165, 1.54) is 22.3 Å². The summed E-state index contributed by atoms with van der Waals surface area (Å²) < 4.78 is 0. The number of halogens is 1. The highest BCUT2D eigenvalue weighted by Gasteiger charge is 2.24. The van der Waals surface area contributed by atoms with Crippen molar-refractivity contribution in [2.45, 2.75) is 26.2 Å². The molecule has 1 aliphatic rings. The SMILES string of the molecule is Cc1ccc(NC(N)=NCC2Cc3ccccc32)cc1C.I. The number of anilines is 1. The minimum atomic E-state index is 0. The second-order valence-electron chi connectivity index (χ2n) is 5.75. The minimum absolute atomic E-state index is 0. The zero-order valence-corrected chi connectivity index (χ0v) is 15.3. The van der Waals surface area contributed by atoms with Crippen LogP contribution in [0.4, 0.5) is 5.69 Å². The van der Waals surface area contributed by atoms with Crippen LogP contribution >= 0.6 is 24.0 Å². The second kappa shape index (κ2) is 7.13. The number of nitrogens with two attached hydrogens (primary N) is 1. The Morgan fingerprint density at radius 1 is 1.18 bits per heavy atom. The molecule has 0 spiro atoms. The number of hydrogen-bond donors (Lipinski definition) is 2. The summed E-state index contributed by atoms with van der Waals surface area (Å²) in [7, 11) is 0. The molecule has 0 saturated heterocycles. The highest BCUT2D eigenvalue weighted by Crippen LogP contribution is 2.34. The standard InChI is InChI=1S/C18H21N3.HI/c1-12-7-8-16(9-13(12)2)21-18(19)20-11-15-10-14-5-3-4-6-17(14)15;/h3-9,15H,10-11H2,1-2H3,(H3,19,20,21);1H. The van der Waals surface area contributed by atoms with Crippen LogP contribution < -0.4 is 11.1 Å². The van der Waals surface area contributed by atoms with E-state index in [1.54, 1.807) is 0 Å². The number of rotatable bonds is 3. The van der Waals surface area contributed by atoms with Crippen LogP contribution in [0.2, 0.25) is 0 Å². The van der Waals surface area contributed by atoms with Crippen LogP contribution in [-0.2, 0) is 6.42 Å². The monoisotopic (exact) mass is 407 g/mol. The number of aliphatic imine (C=N–C) groups is 1. The summed E-state index contributed by atoms with van der Waals surface area (Å²) in [5.74, 6) is 1.00. The average molecular weight is 407 g/mol. The Kier molecular flexibility index (Phi) is 5.45. The maximum absolute atomic E-state index is 5.98. The van der Waals surface area contributed by atoms with Crippen LogP contribution in [0.15, 0.2) is 47.5 Å². The number of aryl methyl sites for hydroxylation is 2. The molecular formula is C18H22IN3. The Labute approximate surface area is 149 Å². The van der Waals surface area contributed by atoms with Gasteiger partial charge in [-0.25, -0.2) is 0 Å². The summed E-state index contributed by atoms with van der Waals surface area (Å²) >= 11 is 0. The summed E-state index contributed by atoms with van der Waals surface area (Å²) in [6.45, 7) is 4.95. The van der Waals surface area contributed by atoms with Crippen molar-refractivity contribution in [3.05, 3.63) is 64.7 Å². The lowest BCUT2D eigenvalue weighted by Gasteiger charge is -2.28. The lowest BCUT2D eigenvalue weighted by Crippen LogP contribution is -2.26. The first kappa shape index (κ1) is 16.8. The van der Waals surface area contributed by atoms with Crippen molar-refractivity contribution >= 4 is 35.6 Å². The first-order chi connectivity index (χ1) is 10.1. The van der Waals surface area contributed by atoms with Gasteiger partial charge in [0.1, 0.15) is 0 Å². The van der Waals surface area contributed by atoms with Gasteiger partial charge in [0.15, 0.2) is 5.96 Å². The number of nitrogens with one attached hydrogen (secondary N) is 1. The van der Waals surface area contributed by atoms with E-state index in [-0.39, 0.29) is 24.0 Å². The second-order valence-corrected chi connectivity index (χ2v) is 5.75. The topological polar surface area (TPSA) is 50.4 Å². The molecule has 0 radical (unpaired) electrons. The summed E-state index contributed by atoms with van der Waals surface area (Å²) in [4.78, 5) is 4.48. The fourth-order valence-electron chi connectivity index (χ4n) is 2.74. The Balaban J connectivity index is 0.00000176. The average Bonchev–Trinajstić information content (AvgIpc) is 2.44. The molecule has 1 aliphatic carbocycles. The predicted molar refractivity (Wildman–Crippen MR) is 104 cm³/mol. The third kappa shape index (κ3) is 3.61. The summed E-state index contributed by atoms with van der Waals surface area (Å²) in [5.41, 5.74) is 12.4. The van der Waals surface area contributed by atoms with Crippen molar-refractivity contribution in [2.75, 3.05) is 11.9 Å². The van der Waals surface area contributed by atoms with Crippen molar-refractivity contribution in [3.8, 4) is 0 Å². The summed E-state index contributed by atoms with van der Waals surface area (Å²) in [5, 5.41) is 3.17. The molecule has 4 heteroatoms. The molecule has 3 rings (SSSR count). The quantitative estimate of drug-likeness (QED) is 0.459. The van der Waals surface area contributed by atoms with Gasteiger partial charge in [-0.15, -0.1) is 24.0 Å². The van der Waals surface area contributed by atoms with Gasteiger partial charge in [-0.3, -0.25) is 4.99 Å². The van der Waals surface area contributed by atoms with Crippen molar-refractivity contribution in [1.29, 1.82) is 0 Å². The highest BCUT2D eigenvalue weighted by molar-refractivity contribution is 14.0. The minimum Gasteiger partial charge on any atom is -0.370 e. The predicted octanol–water partition coefficient (Wildman–Crippen LogP) is 3.99. The van der Waals surface area contributed by atoms with Gasteiger partial charge >= 0.3 is 0 Å². The van der Waals surface area contributed by atoms with Crippen molar-refractivity contribution in [1.82, 2.24) is 0 Å². The van der Waals surface area contributed by atoms with Crippen LogP contribution in [0.3, 0.4) is 0 Å². The Hall–Kier alpha value is -1.56. The molecule has 1 atom stereocenters. The summed E-state index contributed by atoms with van der Waals surface area (Å²) in [6.07, 6.45) is 1.11. The van der Waals surface area contributed by atoms with Gasteiger partial charge in [0.2, 0.25) is 0 Å². The summed E-state index contributed by atoms with van der Waals surface area (Å²) in [6, 6.07) is 14.8. The van der Waals surface area contributed by atoms with Gasteiger partial charge in [-0.05, 0) is 54.7 Å². The zero-order valence-electron chi connectivity index (χ0n) is 13.0. The molecule has 1 unspecified atom stereocenters. The van der Waals surface area contributed by atoms with E-state index < -0.39 is 0 Å². The Morgan fingerprint density at radius 2 is 1.95 bits per heavy atom. The lowest BCUT2D eigenvalue weighted by molar-refractivity contribution is 0.619. The molecule has 0 amide bonds. The fraction of sp³-hybridized carbons (Fsp3) is 0.278. The third-order valence-corrected chi connectivity index (χ3v) is 4.22. The van der Waals surface area contributed by atoms with E-state index >= 15 is 0 Å². The molecule has 22 heavy (non-hydrogen) atoms. The van der Waals surface area contributed by atoms with Crippen LogP contribution in [0, 0.1) is 13.8 Å². The molecular weight excluding hydrogens is 385 g/mol. The molecule has 3 nitrogen and oxygen atoms in total. The van der Waals surface area contributed by atoms with Crippen LogP contribution in [-0.4, -0.2) is 12.5 Å². The van der Waals surface area contributed by atoms with Gasteiger partial charge < -0.3 is 11.1 Å². The van der Waals surface area contributed by atoms with Crippen molar-refractivity contribution in [3.63, 3.8) is 0 Å². The van der Waals surface area contributed by atoms with Gasteiger partial charge in [0.05, 0.1) is 0 Å². The molecule has 0 aliphatic heterocycles. The molecule has 116 valence electrons. The maximum atomic E-state index is 5.98. The van der Waals surface area contributed by atoms with E-state index in [9.17, 15) is 0 Å². The van der Waals surface area contributed by atoms with Gasteiger partial charge in [-0.1, -0.05) is 30.3 Å². The number of hydrogen-bond acceptors (Lipinski definition) is 1. The molecule has 0 heterocycles. The van der Waals surface area contributed by atoms with Crippen molar-refractivity contribution < 1.29 is 0 Å². The van der Waals surface area contributed by atoms with E-state index in [1.807, 2.05) is 6.07 Å². The van der Waals surface area contributed by atoms with Gasteiger partial charge in [-0.2, -0.15) is 0 Å². The molecule has 0 aromatic heterocycles. The number of fused-ring (bicyclic) bond motifs is 1. The zero-order chi connectivity index (χ0) is 14.8. The fourth-order valence-corrected chi connectivity index (χ4v) is 2.74. The van der Waals surface area contributed by atoms with E-state index in [2.05, 4.69) is 60.6 Å². The number of nitrogens with zero attached hydrogens (tertiary/aromatic N) is 1. The molecule has 3 N–H and O–H groups in total. The molecule has 2 aromatic carbocycles. The normalized spacial score (nSPS) is 16.3. The van der Waals surface area contributed by atoms with Crippen molar-refractivity contribution in [2.24, 2.45) is 10.7 Å². The molecule has 0 bridgehead atoms. The van der Waals surface area contributed by atoms with Crippen LogP contribution in [0.5, 0.6) is 0 Å². The first-order valence-electron chi connectivity index (χ1n) is 7.35. The smallest absolute Gasteiger partial charge is 0.193 e. The van der Waals surface area contributed by atoms with Crippen LogP contribution in [0.25, 0.3) is 0 Å². The van der Waals surface area contributed by atoms with E-state index in [0.717, 1.165) is 18.7 Å². The van der Waals surface area contributed by atoms with Gasteiger partial charge in [0.25, 0.3) is 0 Å². The largest absolute Gasteiger partial charge is 0.370 e. The Morgan fingerprint density at radius 3 is 2.68 bits per heavy atom. The molecule has 0 saturated carbocycles. The highest BCUT2D eigenvalue weighted by atomic mass is 127. The van der Waals surface area contributed by atoms with Crippen LogP contribution in [0.1, 0.15) is 28.2 Å².